The van der Waals surface area contributed by atoms with E-state index < -0.39 is 0 Å². The van der Waals surface area contributed by atoms with E-state index in [1.807, 2.05) is 11.8 Å². The molecule has 1 aromatic heterocycles. The van der Waals surface area contributed by atoms with Crippen molar-refractivity contribution >= 4 is 17.2 Å². The maximum absolute atomic E-state index is 11.8. The number of fused-ring (bicyclic) bond motifs is 1. The van der Waals surface area contributed by atoms with Gasteiger partial charge in [0, 0.05) is 30.4 Å². The first-order valence-electron chi connectivity index (χ1n) is 5.25. The molecule has 15 heavy (non-hydrogen) atoms. The zero-order valence-electron chi connectivity index (χ0n) is 8.90. The van der Waals surface area contributed by atoms with Gasteiger partial charge in [0.15, 0.2) is 0 Å². The molecule has 0 saturated carbocycles. The average molecular weight is 224 g/mol. The lowest BCUT2D eigenvalue weighted by Crippen LogP contribution is -2.38. The van der Waals surface area contributed by atoms with Crippen LogP contribution >= 0.6 is 11.3 Å². The summed E-state index contributed by atoms with van der Waals surface area (Å²) in [5, 5.41) is 2.10. The second-order valence-electron chi connectivity index (χ2n) is 4.12. The minimum absolute atomic E-state index is 0.0404. The number of thiophene rings is 1. The molecule has 1 aliphatic rings. The SMILES string of the molecule is CC(N)CC(=O)N1CCc2sccc2C1. The molecule has 4 heteroatoms. The van der Waals surface area contributed by atoms with E-state index in [1.165, 1.54) is 10.4 Å². The van der Waals surface area contributed by atoms with E-state index in [0.717, 1.165) is 19.5 Å². The van der Waals surface area contributed by atoms with Crippen molar-refractivity contribution in [2.45, 2.75) is 32.4 Å². The molecule has 0 saturated heterocycles. The van der Waals surface area contributed by atoms with Crippen molar-refractivity contribution in [2.75, 3.05) is 6.54 Å². The Morgan fingerprint density at radius 2 is 2.53 bits per heavy atom. The molecule has 2 rings (SSSR count). The highest BCUT2D eigenvalue weighted by Crippen LogP contribution is 2.24. The van der Waals surface area contributed by atoms with Gasteiger partial charge in [-0.15, -0.1) is 11.3 Å². The second kappa shape index (κ2) is 4.33. The number of rotatable bonds is 2. The van der Waals surface area contributed by atoms with Gasteiger partial charge in [-0.3, -0.25) is 4.79 Å². The number of hydrogen-bond acceptors (Lipinski definition) is 3. The Bertz CT molecular complexity index is 359. The Morgan fingerprint density at radius 3 is 3.27 bits per heavy atom. The van der Waals surface area contributed by atoms with Gasteiger partial charge in [-0.25, -0.2) is 0 Å². The lowest BCUT2D eigenvalue weighted by atomic mass is 10.1. The molecule has 0 aliphatic carbocycles. The lowest BCUT2D eigenvalue weighted by molar-refractivity contribution is -0.132. The third-order valence-corrected chi connectivity index (χ3v) is 3.68. The molecular weight excluding hydrogens is 208 g/mol. The molecule has 0 radical (unpaired) electrons. The van der Waals surface area contributed by atoms with Crippen LogP contribution in [-0.2, 0) is 17.8 Å². The van der Waals surface area contributed by atoms with E-state index in [2.05, 4.69) is 11.4 Å². The third-order valence-electron chi connectivity index (χ3n) is 2.66. The van der Waals surface area contributed by atoms with Crippen molar-refractivity contribution in [3.05, 3.63) is 21.9 Å². The number of carbonyl (C=O) groups is 1. The van der Waals surface area contributed by atoms with Gasteiger partial charge in [0.2, 0.25) is 5.91 Å². The summed E-state index contributed by atoms with van der Waals surface area (Å²) >= 11 is 1.79. The molecule has 0 fully saturated rings. The molecule has 2 heterocycles. The molecular formula is C11H16N2OS. The monoisotopic (exact) mass is 224 g/mol. The summed E-state index contributed by atoms with van der Waals surface area (Å²) in [7, 11) is 0. The van der Waals surface area contributed by atoms with Crippen LogP contribution in [0, 0.1) is 0 Å². The Balaban J connectivity index is 2.00. The van der Waals surface area contributed by atoms with E-state index >= 15 is 0 Å². The second-order valence-corrected chi connectivity index (χ2v) is 5.12. The van der Waals surface area contributed by atoms with Gasteiger partial charge in [-0.05, 0) is 30.4 Å². The first kappa shape index (κ1) is 10.6. The fourth-order valence-corrected chi connectivity index (χ4v) is 2.76. The fraction of sp³-hybridized carbons (Fsp3) is 0.545. The van der Waals surface area contributed by atoms with Crippen LogP contribution in [0.2, 0.25) is 0 Å². The number of nitrogens with zero attached hydrogens (tertiary/aromatic N) is 1. The first-order valence-corrected chi connectivity index (χ1v) is 6.13. The normalized spacial score (nSPS) is 17.3. The van der Waals surface area contributed by atoms with Gasteiger partial charge in [-0.1, -0.05) is 0 Å². The van der Waals surface area contributed by atoms with Crippen LogP contribution in [-0.4, -0.2) is 23.4 Å². The molecule has 1 aromatic rings. The van der Waals surface area contributed by atoms with Crippen LogP contribution in [0.3, 0.4) is 0 Å². The van der Waals surface area contributed by atoms with E-state index in [9.17, 15) is 4.79 Å². The van der Waals surface area contributed by atoms with Gasteiger partial charge in [0.05, 0.1) is 0 Å². The van der Waals surface area contributed by atoms with Gasteiger partial charge in [0.1, 0.15) is 0 Å². The Labute approximate surface area is 93.9 Å². The predicted molar refractivity (Wildman–Crippen MR) is 61.7 cm³/mol. The zero-order valence-corrected chi connectivity index (χ0v) is 9.72. The summed E-state index contributed by atoms with van der Waals surface area (Å²) in [6.07, 6.45) is 1.46. The summed E-state index contributed by atoms with van der Waals surface area (Å²) < 4.78 is 0. The quantitative estimate of drug-likeness (QED) is 0.824. The molecule has 1 aliphatic heterocycles. The van der Waals surface area contributed by atoms with Crippen LogP contribution in [0.5, 0.6) is 0 Å². The van der Waals surface area contributed by atoms with E-state index in [0.29, 0.717) is 6.42 Å². The predicted octanol–water partition coefficient (Wildman–Crippen LogP) is 1.37. The maximum atomic E-state index is 11.8. The Morgan fingerprint density at radius 1 is 1.73 bits per heavy atom. The van der Waals surface area contributed by atoms with Crippen LogP contribution in [0.1, 0.15) is 23.8 Å². The van der Waals surface area contributed by atoms with E-state index in [-0.39, 0.29) is 11.9 Å². The Hall–Kier alpha value is -0.870. The van der Waals surface area contributed by atoms with Crippen LogP contribution in [0.4, 0.5) is 0 Å². The van der Waals surface area contributed by atoms with E-state index in [1.54, 1.807) is 11.3 Å². The summed E-state index contributed by atoms with van der Waals surface area (Å²) in [5.74, 6) is 0.182. The highest BCUT2D eigenvalue weighted by Gasteiger charge is 2.21. The molecule has 3 nitrogen and oxygen atoms in total. The summed E-state index contributed by atoms with van der Waals surface area (Å²) in [6.45, 7) is 3.49. The summed E-state index contributed by atoms with van der Waals surface area (Å²) in [6, 6.07) is 2.08. The number of amides is 1. The smallest absolute Gasteiger partial charge is 0.224 e. The Kier molecular flexibility index (Phi) is 3.07. The van der Waals surface area contributed by atoms with Crippen LogP contribution in [0.25, 0.3) is 0 Å². The summed E-state index contributed by atoms with van der Waals surface area (Å²) in [4.78, 5) is 15.1. The topological polar surface area (TPSA) is 46.3 Å². The minimum atomic E-state index is -0.0404. The van der Waals surface area contributed by atoms with Crippen LogP contribution in [0.15, 0.2) is 11.4 Å². The average Bonchev–Trinajstić information content (AvgIpc) is 2.62. The first-order chi connectivity index (χ1) is 7.16. The van der Waals surface area contributed by atoms with Gasteiger partial charge in [0.25, 0.3) is 0 Å². The van der Waals surface area contributed by atoms with Crippen molar-refractivity contribution < 1.29 is 4.79 Å². The van der Waals surface area contributed by atoms with Crippen molar-refractivity contribution in [1.29, 1.82) is 0 Å². The van der Waals surface area contributed by atoms with Crippen molar-refractivity contribution in [1.82, 2.24) is 4.90 Å². The molecule has 2 N–H and O–H groups in total. The molecule has 1 atom stereocenters. The molecule has 0 bridgehead atoms. The van der Waals surface area contributed by atoms with Gasteiger partial charge in [-0.2, -0.15) is 0 Å². The van der Waals surface area contributed by atoms with Gasteiger partial charge >= 0.3 is 0 Å². The molecule has 0 spiro atoms. The van der Waals surface area contributed by atoms with Crippen molar-refractivity contribution in [2.24, 2.45) is 5.73 Å². The highest BCUT2D eigenvalue weighted by molar-refractivity contribution is 7.10. The third kappa shape index (κ3) is 2.38. The van der Waals surface area contributed by atoms with Crippen LogP contribution < -0.4 is 5.73 Å². The van der Waals surface area contributed by atoms with Crippen molar-refractivity contribution in [3.63, 3.8) is 0 Å². The fourth-order valence-electron chi connectivity index (χ4n) is 1.87. The molecule has 82 valence electrons. The summed E-state index contributed by atoms with van der Waals surface area (Å²) in [5.41, 5.74) is 6.94. The van der Waals surface area contributed by atoms with Gasteiger partial charge < -0.3 is 10.6 Å². The standard InChI is InChI=1S/C11H16N2OS/c1-8(12)6-11(14)13-4-2-10-9(7-13)3-5-15-10/h3,5,8H,2,4,6-7,12H2,1H3. The number of hydrogen-bond donors (Lipinski definition) is 1. The largest absolute Gasteiger partial charge is 0.338 e. The molecule has 1 amide bonds. The number of carbonyl (C=O) groups excluding carboxylic acids is 1. The van der Waals surface area contributed by atoms with E-state index in [4.69, 9.17) is 5.73 Å². The number of nitrogens with two attached hydrogens (primary N) is 1. The minimum Gasteiger partial charge on any atom is -0.338 e. The zero-order chi connectivity index (χ0) is 10.8. The lowest BCUT2D eigenvalue weighted by Gasteiger charge is -2.27. The van der Waals surface area contributed by atoms with Crippen molar-refractivity contribution in [3.8, 4) is 0 Å². The molecule has 0 aromatic carbocycles. The molecule has 1 unspecified atom stereocenters. The maximum Gasteiger partial charge on any atom is 0.224 e. The highest BCUT2D eigenvalue weighted by atomic mass is 32.1.